The van der Waals surface area contributed by atoms with Crippen LogP contribution in [0.4, 0.5) is 13.2 Å². The summed E-state index contributed by atoms with van der Waals surface area (Å²) in [5, 5.41) is 0. The van der Waals surface area contributed by atoms with Crippen LogP contribution in [0.5, 0.6) is 0 Å². The lowest BCUT2D eigenvalue weighted by atomic mass is 10.0. The SMILES string of the molecule is NC1(Cc2ccc(F)c(F)c2F)CC1. The first-order valence-electron chi connectivity index (χ1n) is 4.43. The topological polar surface area (TPSA) is 26.0 Å². The van der Waals surface area contributed by atoms with Gasteiger partial charge in [-0.2, -0.15) is 0 Å². The molecule has 1 aliphatic carbocycles. The van der Waals surface area contributed by atoms with Gasteiger partial charge in [0, 0.05) is 5.54 Å². The van der Waals surface area contributed by atoms with E-state index < -0.39 is 23.0 Å². The molecule has 0 spiro atoms. The minimum absolute atomic E-state index is 0.156. The summed E-state index contributed by atoms with van der Waals surface area (Å²) in [4.78, 5) is 0. The molecule has 14 heavy (non-hydrogen) atoms. The van der Waals surface area contributed by atoms with Gasteiger partial charge in [0.1, 0.15) is 0 Å². The fourth-order valence-corrected chi connectivity index (χ4v) is 1.42. The Balaban J connectivity index is 2.30. The Kier molecular flexibility index (Phi) is 2.03. The van der Waals surface area contributed by atoms with E-state index in [1.807, 2.05) is 0 Å². The summed E-state index contributed by atoms with van der Waals surface area (Å²) in [5.74, 6) is -3.68. The summed E-state index contributed by atoms with van der Waals surface area (Å²) in [7, 11) is 0. The van der Waals surface area contributed by atoms with Crippen molar-refractivity contribution >= 4 is 0 Å². The van der Waals surface area contributed by atoms with Crippen molar-refractivity contribution in [2.75, 3.05) is 0 Å². The third-order valence-corrected chi connectivity index (χ3v) is 2.55. The predicted molar refractivity (Wildman–Crippen MR) is 46.2 cm³/mol. The van der Waals surface area contributed by atoms with E-state index in [2.05, 4.69) is 0 Å². The van der Waals surface area contributed by atoms with Crippen molar-refractivity contribution in [3.63, 3.8) is 0 Å². The van der Waals surface area contributed by atoms with E-state index in [1.54, 1.807) is 0 Å². The van der Waals surface area contributed by atoms with Gasteiger partial charge in [-0.25, -0.2) is 13.2 Å². The maximum atomic E-state index is 13.2. The Bertz CT molecular complexity index is 372. The minimum atomic E-state index is -1.41. The van der Waals surface area contributed by atoms with Crippen LogP contribution in [0.15, 0.2) is 12.1 Å². The third kappa shape index (κ3) is 1.62. The van der Waals surface area contributed by atoms with Crippen LogP contribution >= 0.6 is 0 Å². The van der Waals surface area contributed by atoms with Crippen molar-refractivity contribution in [3.05, 3.63) is 35.1 Å². The fraction of sp³-hybridized carbons (Fsp3) is 0.400. The number of nitrogens with two attached hydrogens (primary N) is 1. The van der Waals surface area contributed by atoms with Crippen molar-refractivity contribution < 1.29 is 13.2 Å². The smallest absolute Gasteiger partial charge is 0.194 e. The van der Waals surface area contributed by atoms with Crippen LogP contribution in [0.3, 0.4) is 0 Å². The molecule has 0 amide bonds. The zero-order valence-corrected chi connectivity index (χ0v) is 7.49. The van der Waals surface area contributed by atoms with Crippen molar-refractivity contribution in [1.29, 1.82) is 0 Å². The highest BCUT2D eigenvalue weighted by atomic mass is 19.2. The quantitative estimate of drug-likeness (QED) is 0.729. The number of rotatable bonds is 2. The van der Waals surface area contributed by atoms with Crippen LogP contribution in [0.25, 0.3) is 0 Å². The van der Waals surface area contributed by atoms with Crippen molar-refractivity contribution in [1.82, 2.24) is 0 Å². The summed E-state index contributed by atoms with van der Waals surface area (Å²) >= 11 is 0. The standard InChI is InChI=1S/C10H10F3N/c11-7-2-1-6(8(12)9(7)13)5-10(14)3-4-10/h1-2H,3-5,14H2. The van der Waals surface area contributed by atoms with Crippen LogP contribution in [0.1, 0.15) is 18.4 Å². The lowest BCUT2D eigenvalue weighted by Gasteiger charge is -2.09. The first kappa shape index (κ1) is 9.52. The van der Waals surface area contributed by atoms with Gasteiger partial charge in [0.15, 0.2) is 17.5 Å². The Morgan fingerprint density at radius 2 is 1.79 bits per heavy atom. The molecule has 0 unspecified atom stereocenters. The van der Waals surface area contributed by atoms with Gasteiger partial charge in [-0.1, -0.05) is 6.07 Å². The molecule has 0 bridgehead atoms. The molecule has 0 aromatic heterocycles. The summed E-state index contributed by atoms with van der Waals surface area (Å²) in [5.41, 5.74) is 5.51. The first-order chi connectivity index (χ1) is 6.52. The zero-order valence-electron chi connectivity index (χ0n) is 7.49. The second-order valence-corrected chi connectivity index (χ2v) is 3.87. The summed E-state index contributed by atoms with van der Waals surface area (Å²) in [6.45, 7) is 0. The summed E-state index contributed by atoms with van der Waals surface area (Å²) < 4.78 is 38.5. The van der Waals surface area contributed by atoms with E-state index in [9.17, 15) is 13.2 Å². The van der Waals surface area contributed by atoms with E-state index in [0.717, 1.165) is 18.9 Å². The highest BCUT2D eigenvalue weighted by Gasteiger charge is 2.39. The molecule has 0 aliphatic heterocycles. The molecule has 1 fully saturated rings. The molecule has 1 saturated carbocycles. The summed E-state index contributed by atoms with van der Waals surface area (Å²) in [6, 6.07) is 2.18. The Morgan fingerprint density at radius 3 is 2.36 bits per heavy atom. The average Bonchev–Trinajstić information content (AvgIpc) is 2.86. The second kappa shape index (κ2) is 2.98. The highest BCUT2D eigenvalue weighted by molar-refractivity contribution is 5.24. The molecule has 1 aliphatic rings. The molecule has 4 heteroatoms. The van der Waals surface area contributed by atoms with Crippen molar-refractivity contribution in [2.24, 2.45) is 5.73 Å². The monoisotopic (exact) mass is 201 g/mol. The van der Waals surface area contributed by atoms with Crippen LogP contribution in [0, 0.1) is 17.5 Å². The molecule has 76 valence electrons. The average molecular weight is 201 g/mol. The maximum Gasteiger partial charge on any atom is 0.194 e. The molecule has 0 saturated heterocycles. The van der Waals surface area contributed by atoms with E-state index >= 15 is 0 Å². The lowest BCUT2D eigenvalue weighted by molar-refractivity contribution is 0.437. The predicted octanol–water partition coefficient (Wildman–Crippen LogP) is 2.14. The Labute approximate surface area is 79.7 Å². The Hall–Kier alpha value is -1.03. The minimum Gasteiger partial charge on any atom is -0.325 e. The second-order valence-electron chi connectivity index (χ2n) is 3.87. The molecule has 0 heterocycles. The number of hydrogen-bond acceptors (Lipinski definition) is 1. The van der Waals surface area contributed by atoms with Gasteiger partial charge in [0.05, 0.1) is 0 Å². The largest absolute Gasteiger partial charge is 0.325 e. The van der Waals surface area contributed by atoms with E-state index in [-0.39, 0.29) is 12.0 Å². The zero-order chi connectivity index (χ0) is 10.3. The van der Waals surface area contributed by atoms with Crippen LogP contribution in [-0.2, 0) is 6.42 Å². The number of hydrogen-bond donors (Lipinski definition) is 1. The van der Waals surface area contributed by atoms with Gasteiger partial charge in [0.25, 0.3) is 0 Å². The van der Waals surface area contributed by atoms with Gasteiger partial charge in [-0.15, -0.1) is 0 Å². The lowest BCUT2D eigenvalue weighted by Crippen LogP contribution is -2.25. The normalized spacial score (nSPS) is 18.3. The third-order valence-electron chi connectivity index (χ3n) is 2.55. The molecular formula is C10H10F3N. The number of halogens is 3. The van der Waals surface area contributed by atoms with Crippen LogP contribution in [-0.4, -0.2) is 5.54 Å². The van der Waals surface area contributed by atoms with Crippen LogP contribution in [0.2, 0.25) is 0 Å². The molecule has 1 nitrogen and oxygen atoms in total. The molecule has 1 aromatic rings. The van der Waals surface area contributed by atoms with Gasteiger partial charge in [0.2, 0.25) is 0 Å². The van der Waals surface area contributed by atoms with Crippen molar-refractivity contribution in [2.45, 2.75) is 24.8 Å². The maximum absolute atomic E-state index is 13.2. The fourth-order valence-electron chi connectivity index (χ4n) is 1.42. The van der Waals surface area contributed by atoms with Gasteiger partial charge < -0.3 is 5.73 Å². The van der Waals surface area contributed by atoms with Gasteiger partial charge >= 0.3 is 0 Å². The van der Waals surface area contributed by atoms with E-state index in [4.69, 9.17) is 5.73 Å². The molecule has 0 atom stereocenters. The van der Waals surface area contributed by atoms with E-state index in [1.165, 1.54) is 6.07 Å². The van der Waals surface area contributed by atoms with Gasteiger partial charge in [-0.3, -0.25) is 0 Å². The highest BCUT2D eigenvalue weighted by Crippen LogP contribution is 2.36. The van der Waals surface area contributed by atoms with Gasteiger partial charge in [-0.05, 0) is 30.9 Å². The van der Waals surface area contributed by atoms with E-state index in [0.29, 0.717) is 0 Å². The van der Waals surface area contributed by atoms with Crippen LogP contribution < -0.4 is 5.73 Å². The molecule has 1 aromatic carbocycles. The molecule has 2 N–H and O–H groups in total. The molecule has 2 rings (SSSR count). The number of benzene rings is 1. The molecular weight excluding hydrogens is 191 g/mol. The molecule has 0 radical (unpaired) electrons. The first-order valence-corrected chi connectivity index (χ1v) is 4.43. The summed E-state index contributed by atoms with van der Waals surface area (Å²) in [6.07, 6.45) is 1.90. The van der Waals surface area contributed by atoms with Crippen molar-refractivity contribution in [3.8, 4) is 0 Å². The Morgan fingerprint density at radius 1 is 1.14 bits per heavy atom.